The molecular formula is C18H23ClN2O2. The van der Waals surface area contributed by atoms with E-state index in [0.29, 0.717) is 13.2 Å². The highest BCUT2D eigenvalue weighted by atomic mass is 35.5. The molecule has 0 aliphatic rings. The second-order valence-corrected chi connectivity index (χ2v) is 5.19. The third-order valence-electron chi connectivity index (χ3n) is 3.35. The lowest BCUT2D eigenvalue weighted by atomic mass is 10.1. The summed E-state index contributed by atoms with van der Waals surface area (Å²) in [5, 5.41) is 2.84. The van der Waals surface area contributed by atoms with E-state index in [1.54, 1.807) is 0 Å². The molecule has 124 valence electrons. The van der Waals surface area contributed by atoms with Gasteiger partial charge in [-0.3, -0.25) is 4.79 Å². The van der Waals surface area contributed by atoms with Gasteiger partial charge in [0.1, 0.15) is 11.8 Å². The van der Waals surface area contributed by atoms with Gasteiger partial charge in [-0.15, -0.1) is 12.4 Å². The Morgan fingerprint density at radius 1 is 1.13 bits per heavy atom. The van der Waals surface area contributed by atoms with Gasteiger partial charge >= 0.3 is 0 Å². The van der Waals surface area contributed by atoms with Crippen molar-refractivity contribution < 1.29 is 9.53 Å². The number of amides is 1. The lowest BCUT2D eigenvalue weighted by Crippen LogP contribution is -2.35. The number of rotatable bonds is 7. The average molecular weight is 335 g/mol. The Bertz CT molecular complexity index is 588. The number of para-hydroxylation sites is 1. The maximum absolute atomic E-state index is 12.0. The summed E-state index contributed by atoms with van der Waals surface area (Å²) in [6, 6.07) is 16.7. The molecule has 0 saturated heterocycles. The highest BCUT2D eigenvalue weighted by Crippen LogP contribution is 2.11. The van der Waals surface area contributed by atoms with Gasteiger partial charge in [0.2, 0.25) is 5.91 Å². The van der Waals surface area contributed by atoms with Crippen molar-refractivity contribution in [1.82, 2.24) is 5.32 Å². The molecule has 0 saturated carbocycles. The Morgan fingerprint density at radius 2 is 1.78 bits per heavy atom. The van der Waals surface area contributed by atoms with E-state index < -0.39 is 6.04 Å². The molecule has 3 N–H and O–H groups in total. The second-order valence-electron chi connectivity index (χ2n) is 5.19. The lowest BCUT2D eigenvalue weighted by molar-refractivity contribution is -0.122. The molecule has 0 aromatic heterocycles. The highest BCUT2D eigenvalue weighted by Gasteiger charge is 2.14. The molecule has 0 bridgehead atoms. The van der Waals surface area contributed by atoms with Crippen LogP contribution in [0, 0.1) is 6.92 Å². The van der Waals surface area contributed by atoms with E-state index in [-0.39, 0.29) is 18.3 Å². The molecule has 23 heavy (non-hydrogen) atoms. The predicted molar refractivity (Wildman–Crippen MR) is 94.9 cm³/mol. The number of carbonyl (C=O) groups is 1. The largest absolute Gasteiger partial charge is 0.494 e. The molecule has 0 aliphatic carbocycles. The number of aryl methyl sites for hydroxylation is 1. The second kappa shape index (κ2) is 9.87. The van der Waals surface area contributed by atoms with Crippen LogP contribution in [-0.4, -0.2) is 19.1 Å². The van der Waals surface area contributed by atoms with Crippen molar-refractivity contribution in [2.45, 2.75) is 19.4 Å². The molecule has 1 amide bonds. The van der Waals surface area contributed by atoms with Crippen molar-refractivity contribution in [1.29, 1.82) is 0 Å². The number of nitrogens with two attached hydrogens (primary N) is 1. The van der Waals surface area contributed by atoms with Gasteiger partial charge in [0.05, 0.1) is 6.61 Å². The fourth-order valence-electron chi connectivity index (χ4n) is 2.03. The summed E-state index contributed by atoms with van der Waals surface area (Å²) < 4.78 is 5.56. The van der Waals surface area contributed by atoms with Crippen LogP contribution in [0.2, 0.25) is 0 Å². The minimum absolute atomic E-state index is 0. The maximum atomic E-state index is 12.0. The monoisotopic (exact) mass is 334 g/mol. The van der Waals surface area contributed by atoms with Crippen molar-refractivity contribution in [3.63, 3.8) is 0 Å². The normalized spacial score (nSPS) is 11.2. The number of benzene rings is 2. The summed E-state index contributed by atoms with van der Waals surface area (Å²) >= 11 is 0. The Morgan fingerprint density at radius 3 is 2.43 bits per heavy atom. The summed E-state index contributed by atoms with van der Waals surface area (Å²) in [6.45, 7) is 3.11. The zero-order valence-electron chi connectivity index (χ0n) is 13.2. The first-order valence-corrected chi connectivity index (χ1v) is 7.44. The SMILES string of the molecule is Cc1ccc(C(N)C(=O)NCCCOc2ccccc2)cc1.Cl. The molecular weight excluding hydrogens is 312 g/mol. The fraction of sp³-hybridized carbons (Fsp3) is 0.278. The molecule has 0 heterocycles. The van der Waals surface area contributed by atoms with E-state index in [9.17, 15) is 4.79 Å². The Labute approximate surface area is 143 Å². The molecule has 0 radical (unpaired) electrons. The van der Waals surface area contributed by atoms with Crippen LogP contribution in [0.5, 0.6) is 5.75 Å². The Hall–Kier alpha value is -2.04. The fourth-order valence-corrected chi connectivity index (χ4v) is 2.03. The molecule has 2 aromatic carbocycles. The number of halogens is 1. The third kappa shape index (κ3) is 6.30. The third-order valence-corrected chi connectivity index (χ3v) is 3.35. The molecule has 5 heteroatoms. The van der Waals surface area contributed by atoms with Crippen LogP contribution in [0.1, 0.15) is 23.6 Å². The number of ether oxygens (including phenoxy) is 1. The molecule has 4 nitrogen and oxygen atoms in total. The van der Waals surface area contributed by atoms with Crippen LogP contribution in [-0.2, 0) is 4.79 Å². The molecule has 1 unspecified atom stereocenters. The zero-order valence-corrected chi connectivity index (χ0v) is 14.0. The van der Waals surface area contributed by atoms with Gasteiger partial charge in [0.25, 0.3) is 0 Å². The first-order chi connectivity index (χ1) is 10.7. The average Bonchev–Trinajstić information content (AvgIpc) is 2.55. The van der Waals surface area contributed by atoms with Crippen LogP contribution in [0.15, 0.2) is 54.6 Å². The van der Waals surface area contributed by atoms with E-state index in [1.165, 1.54) is 0 Å². The summed E-state index contributed by atoms with van der Waals surface area (Å²) in [7, 11) is 0. The first-order valence-electron chi connectivity index (χ1n) is 7.44. The summed E-state index contributed by atoms with van der Waals surface area (Å²) in [5.74, 6) is 0.675. The van der Waals surface area contributed by atoms with E-state index in [4.69, 9.17) is 10.5 Å². The van der Waals surface area contributed by atoms with Crippen molar-refractivity contribution >= 4 is 18.3 Å². The van der Waals surface area contributed by atoms with E-state index in [0.717, 1.165) is 23.3 Å². The maximum Gasteiger partial charge on any atom is 0.241 e. The van der Waals surface area contributed by atoms with Crippen molar-refractivity contribution in [2.75, 3.05) is 13.2 Å². The molecule has 2 aromatic rings. The van der Waals surface area contributed by atoms with Gasteiger partial charge in [0.15, 0.2) is 0 Å². The minimum atomic E-state index is -0.629. The Balaban J connectivity index is 0.00000264. The van der Waals surface area contributed by atoms with Crippen molar-refractivity contribution in [3.05, 3.63) is 65.7 Å². The van der Waals surface area contributed by atoms with Crippen LogP contribution in [0.4, 0.5) is 0 Å². The van der Waals surface area contributed by atoms with Gasteiger partial charge in [-0.25, -0.2) is 0 Å². The molecule has 0 fully saturated rings. The molecule has 2 rings (SSSR count). The Kier molecular flexibility index (Phi) is 8.16. The minimum Gasteiger partial charge on any atom is -0.494 e. The van der Waals surface area contributed by atoms with Gasteiger partial charge in [-0.1, -0.05) is 48.0 Å². The first kappa shape index (κ1) is 19.0. The van der Waals surface area contributed by atoms with Crippen molar-refractivity contribution in [2.24, 2.45) is 5.73 Å². The summed E-state index contributed by atoms with van der Waals surface area (Å²) in [5.41, 5.74) is 7.92. The smallest absolute Gasteiger partial charge is 0.241 e. The van der Waals surface area contributed by atoms with Gasteiger partial charge in [0, 0.05) is 6.54 Å². The summed E-state index contributed by atoms with van der Waals surface area (Å²) in [4.78, 5) is 12.0. The predicted octanol–water partition coefficient (Wildman–Crippen LogP) is 3.00. The van der Waals surface area contributed by atoms with Gasteiger partial charge < -0.3 is 15.8 Å². The lowest BCUT2D eigenvalue weighted by Gasteiger charge is -2.13. The highest BCUT2D eigenvalue weighted by molar-refractivity contribution is 5.85. The van der Waals surface area contributed by atoms with Crippen LogP contribution < -0.4 is 15.8 Å². The zero-order chi connectivity index (χ0) is 15.8. The standard InChI is InChI=1S/C18H22N2O2.ClH/c1-14-8-10-15(11-9-14)17(19)18(21)20-12-5-13-22-16-6-3-2-4-7-16;/h2-4,6-11,17H,5,12-13,19H2,1H3,(H,20,21);1H. The van der Waals surface area contributed by atoms with Gasteiger partial charge in [-0.2, -0.15) is 0 Å². The molecule has 0 aliphatic heterocycles. The van der Waals surface area contributed by atoms with Crippen LogP contribution in [0.3, 0.4) is 0 Å². The van der Waals surface area contributed by atoms with E-state index in [2.05, 4.69) is 5.32 Å². The number of hydrogen-bond acceptors (Lipinski definition) is 3. The molecule has 0 spiro atoms. The summed E-state index contributed by atoms with van der Waals surface area (Å²) in [6.07, 6.45) is 0.737. The van der Waals surface area contributed by atoms with E-state index in [1.807, 2.05) is 61.5 Å². The van der Waals surface area contributed by atoms with E-state index >= 15 is 0 Å². The number of nitrogens with one attached hydrogen (secondary N) is 1. The quantitative estimate of drug-likeness (QED) is 0.765. The van der Waals surface area contributed by atoms with Crippen LogP contribution in [0.25, 0.3) is 0 Å². The number of carbonyl (C=O) groups excluding carboxylic acids is 1. The van der Waals surface area contributed by atoms with Gasteiger partial charge in [-0.05, 0) is 31.0 Å². The number of hydrogen-bond donors (Lipinski definition) is 2. The molecule has 1 atom stereocenters. The van der Waals surface area contributed by atoms with Crippen LogP contribution >= 0.6 is 12.4 Å². The van der Waals surface area contributed by atoms with Crippen molar-refractivity contribution in [3.8, 4) is 5.75 Å². The topological polar surface area (TPSA) is 64.4 Å².